The minimum atomic E-state index is -0.296. The normalized spacial score (nSPS) is 17.6. The van der Waals surface area contributed by atoms with Crippen molar-refractivity contribution < 1.29 is 9.59 Å². The van der Waals surface area contributed by atoms with Crippen molar-refractivity contribution in [3.63, 3.8) is 0 Å². The molecule has 30 heavy (non-hydrogen) atoms. The van der Waals surface area contributed by atoms with Crippen molar-refractivity contribution in [3.05, 3.63) is 74.3 Å². The summed E-state index contributed by atoms with van der Waals surface area (Å²) in [5, 5.41) is 5.28. The lowest BCUT2D eigenvalue weighted by atomic mass is 9.96. The number of aryl methyl sites for hydroxylation is 1. The van der Waals surface area contributed by atoms with E-state index in [9.17, 15) is 9.59 Å². The molecule has 1 N–H and O–H groups in total. The van der Waals surface area contributed by atoms with Crippen LogP contribution < -0.4 is 5.43 Å². The van der Waals surface area contributed by atoms with Gasteiger partial charge in [-0.3, -0.25) is 15.0 Å². The lowest BCUT2D eigenvalue weighted by molar-refractivity contribution is -0.123. The predicted octanol–water partition coefficient (Wildman–Crippen LogP) is 5.33. The molecule has 150 valence electrons. The minimum absolute atomic E-state index is 0.267. The van der Waals surface area contributed by atoms with Crippen LogP contribution in [0.5, 0.6) is 0 Å². The van der Waals surface area contributed by atoms with E-state index in [1.54, 1.807) is 11.3 Å². The lowest BCUT2D eigenvalue weighted by Crippen LogP contribution is -2.45. The number of rotatable bonds is 3. The maximum atomic E-state index is 13.0. The third-order valence-electron chi connectivity index (χ3n) is 5.42. The number of carbonyl (C=O) groups excluding carboxylic acids is 2. The van der Waals surface area contributed by atoms with Crippen LogP contribution in [0.25, 0.3) is 16.8 Å². The van der Waals surface area contributed by atoms with Crippen LogP contribution in [0.1, 0.15) is 39.2 Å². The number of thioether (sulfide) groups is 1. The van der Waals surface area contributed by atoms with E-state index in [1.807, 2.05) is 53.9 Å². The summed E-state index contributed by atoms with van der Waals surface area (Å²) in [7, 11) is 0. The molecule has 2 aliphatic rings. The summed E-state index contributed by atoms with van der Waals surface area (Å²) in [6.07, 6.45) is 6.06. The second kappa shape index (κ2) is 7.98. The first kappa shape index (κ1) is 19.5. The number of hydrazine groups is 1. The van der Waals surface area contributed by atoms with Crippen LogP contribution in [-0.4, -0.2) is 21.1 Å². The van der Waals surface area contributed by atoms with Gasteiger partial charge in [-0.05, 0) is 65.9 Å². The van der Waals surface area contributed by atoms with Crippen molar-refractivity contribution in [2.24, 2.45) is 0 Å². The van der Waals surface area contributed by atoms with Crippen LogP contribution >= 0.6 is 35.3 Å². The average molecular weight is 451 g/mol. The van der Waals surface area contributed by atoms with Gasteiger partial charge in [-0.2, -0.15) is 5.01 Å². The van der Waals surface area contributed by atoms with Crippen molar-refractivity contribution in [3.8, 4) is 0 Å². The number of amides is 2. The maximum Gasteiger partial charge on any atom is 0.285 e. The number of nitrogens with one attached hydrogen (secondary N) is 1. The molecular weight excluding hydrogens is 432 g/mol. The Morgan fingerprint density at radius 1 is 1.10 bits per heavy atom. The van der Waals surface area contributed by atoms with Crippen molar-refractivity contribution >= 4 is 68.3 Å². The molecule has 2 heterocycles. The zero-order chi connectivity index (χ0) is 20.7. The first-order valence-corrected chi connectivity index (χ1v) is 11.9. The fourth-order valence-corrected chi connectivity index (χ4v) is 6.22. The van der Waals surface area contributed by atoms with Crippen LogP contribution in [0, 0.1) is 0 Å². The third-order valence-corrected chi connectivity index (χ3v) is 7.81. The van der Waals surface area contributed by atoms with Crippen molar-refractivity contribution in [2.45, 2.75) is 25.7 Å². The molecule has 2 aromatic carbocycles. The molecule has 0 saturated carbocycles. The summed E-state index contributed by atoms with van der Waals surface area (Å²) in [6.45, 7) is 0. The number of fused-ring (bicyclic) bond motifs is 2. The zero-order valence-electron chi connectivity index (χ0n) is 16.0. The molecular formula is C23H18N2O2S3. The molecule has 4 nitrogen and oxygen atoms in total. The molecule has 1 aromatic heterocycles. The number of hydrogen-bond acceptors (Lipinski definition) is 5. The molecule has 5 rings (SSSR count). The number of nitrogens with zero attached hydrogens (tertiary/aromatic N) is 1. The second-order valence-electron chi connectivity index (χ2n) is 7.28. The number of hydrogen-bond donors (Lipinski definition) is 1. The van der Waals surface area contributed by atoms with E-state index in [-0.39, 0.29) is 11.8 Å². The minimum Gasteiger partial charge on any atom is -0.267 e. The smallest absolute Gasteiger partial charge is 0.267 e. The third kappa shape index (κ3) is 3.47. The van der Waals surface area contributed by atoms with Crippen molar-refractivity contribution in [1.29, 1.82) is 0 Å². The summed E-state index contributed by atoms with van der Waals surface area (Å²) in [4.78, 5) is 27.7. The van der Waals surface area contributed by atoms with Crippen LogP contribution in [0.15, 0.2) is 52.7 Å². The summed E-state index contributed by atoms with van der Waals surface area (Å²) < 4.78 is 0.337. The Balaban J connectivity index is 1.40. The average Bonchev–Trinajstić information content (AvgIpc) is 3.31. The van der Waals surface area contributed by atoms with Gasteiger partial charge < -0.3 is 0 Å². The molecule has 0 unspecified atom stereocenters. The van der Waals surface area contributed by atoms with Gasteiger partial charge in [0.05, 0.1) is 10.5 Å². The predicted molar refractivity (Wildman–Crippen MR) is 127 cm³/mol. The van der Waals surface area contributed by atoms with E-state index in [2.05, 4.69) is 5.43 Å². The quantitative estimate of drug-likeness (QED) is 0.433. The van der Waals surface area contributed by atoms with E-state index in [4.69, 9.17) is 12.2 Å². The highest BCUT2D eigenvalue weighted by atomic mass is 32.2. The van der Waals surface area contributed by atoms with Gasteiger partial charge in [0, 0.05) is 10.3 Å². The van der Waals surface area contributed by atoms with Gasteiger partial charge in [-0.25, -0.2) is 0 Å². The van der Waals surface area contributed by atoms with Gasteiger partial charge >= 0.3 is 0 Å². The van der Waals surface area contributed by atoms with Crippen molar-refractivity contribution in [1.82, 2.24) is 10.4 Å². The molecule has 0 bridgehead atoms. The summed E-state index contributed by atoms with van der Waals surface area (Å²) in [5.74, 6) is -0.563. The van der Waals surface area contributed by atoms with Gasteiger partial charge in [-0.1, -0.05) is 54.2 Å². The number of thiocarbonyl (C=S) groups is 1. The van der Waals surface area contributed by atoms with E-state index in [0.717, 1.165) is 41.2 Å². The SMILES string of the molecule is O=C(NN1C(=O)/C(=C/c2cccc3ccccc23)SC1=S)c1csc2c1CCCC2. The lowest BCUT2D eigenvalue weighted by Gasteiger charge is -2.17. The first-order valence-electron chi connectivity index (χ1n) is 9.78. The molecule has 0 spiro atoms. The molecule has 7 heteroatoms. The molecule has 1 aliphatic carbocycles. The Kier molecular flexibility index (Phi) is 5.18. The molecule has 3 aromatic rings. The Hall–Kier alpha value is -2.48. The van der Waals surface area contributed by atoms with Crippen LogP contribution in [0.2, 0.25) is 0 Å². The molecule has 1 fully saturated rings. The van der Waals surface area contributed by atoms with Gasteiger partial charge in [-0.15, -0.1) is 11.3 Å². The Morgan fingerprint density at radius 2 is 1.90 bits per heavy atom. The molecule has 0 radical (unpaired) electrons. The highest BCUT2D eigenvalue weighted by Gasteiger charge is 2.34. The molecule has 1 saturated heterocycles. The van der Waals surface area contributed by atoms with Crippen LogP contribution in [-0.2, 0) is 17.6 Å². The van der Waals surface area contributed by atoms with Gasteiger partial charge in [0.2, 0.25) is 0 Å². The van der Waals surface area contributed by atoms with E-state index >= 15 is 0 Å². The topological polar surface area (TPSA) is 49.4 Å². The van der Waals surface area contributed by atoms with E-state index in [0.29, 0.717) is 14.8 Å². The Morgan fingerprint density at radius 3 is 2.80 bits per heavy atom. The first-order chi connectivity index (χ1) is 14.6. The van der Waals surface area contributed by atoms with Gasteiger partial charge in [0.1, 0.15) is 0 Å². The number of carbonyl (C=O) groups is 2. The monoisotopic (exact) mass is 450 g/mol. The van der Waals surface area contributed by atoms with Gasteiger partial charge in [0.15, 0.2) is 4.32 Å². The number of benzene rings is 2. The highest BCUT2D eigenvalue weighted by molar-refractivity contribution is 8.26. The summed E-state index contributed by atoms with van der Waals surface area (Å²) in [5.41, 5.74) is 5.48. The summed E-state index contributed by atoms with van der Waals surface area (Å²) >= 11 is 8.23. The molecule has 1 aliphatic heterocycles. The zero-order valence-corrected chi connectivity index (χ0v) is 18.5. The fourth-order valence-electron chi connectivity index (χ4n) is 3.93. The number of thiophene rings is 1. The maximum absolute atomic E-state index is 13.0. The second-order valence-corrected chi connectivity index (χ2v) is 9.92. The largest absolute Gasteiger partial charge is 0.285 e. The Labute approximate surface area is 187 Å². The van der Waals surface area contributed by atoms with Crippen molar-refractivity contribution in [2.75, 3.05) is 0 Å². The molecule has 2 amide bonds. The fraction of sp³-hybridized carbons (Fsp3) is 0.174. The van der Waals surface area contributed by atoms with E-state index in [1.165, 1.54) is 28.1 Å². The van der Waals surface area contributed by atoms with Crippen LogP contribution in [0.4, 0.5) is 0 Å². The standard InChI is InChI=1S/C23H18N2O2S3/c26-21(18-13-29-19-11-4-3-10-17(18)19)24-25-22(27)20(30-23(25)28)12-15-8-5-7-14-6-1-2-9-16(14)15/h1-2,5-9,12-13H,3-4,10-11H2,(H,24,26)/b20-12-. The van der Waals surface area contributed by atoms with E-state index < -0.39 is 0 Å². The highest BCUT2D eigenvalue weighted by Crippen LogP contribution is 2.34. The van der Waals surface area contributed by atoms with Gasteiger partial charge in [0.25, 0.3) is 11.8 Å². The molecule has 0 atom stereocenters. The van der Waals surface area contributed by atoms with Crippen LogP contribution in [0.3, 0.4) is 0 Å². The summed E-state index contributed by atoms with van der Waals surface area (Å²) in [6, 6.07) is 14.0. The Bertz CT molecular complexity index is 1220.